The van der Waals surface area contributed by atoms with Crippen LogP contribution in [0, 0.1) is 0 Å². The van der Waals surface area contributed by atoms with Crippen molar-refractivity contribution in [3.05, 3.63) is 18.6 Å². The monoisotopic (exact) mass is 276 g/mol. The molecule has 1 aromatic rings. The summed E-state index contributed by atoms with van der Waals surface area (Å²) in [4.78, 5) is 22.2. The minimum absolute atomic E-state index is 0.169. The number of nitrogens with zero attached hydrogens (tertiary/aromatic N) is 3. The third kappa shape index (κ3) is 3.07. The van der Waals surface area contributed by atoms with Crippen molar-refractivity contribution in [2.75, 3.05) is 25.0 Å². The molecule has 3 rings (SSSR count). The van der Waals surface area contributed by atoms with E-state index in [4.69, 9.17) is 4.74 Å². The van der Waals surface area contributed by atoms with E-state index in [1.54, 1.807) is 12.5 Å². The van der Waals surface area contributed by atoms with E-state index in [0.717, 1.165) is 51.2 Å². The van der Waals surface area contributed by atoms with Crippen LogP contribution in [-0.2, 0) is 9.53 Å². The normalized spacial score (nSPS) is 23.8. The molecule has 2 aliphatic heterocycles. The van der Waals surface area contributed by atoms with Crippen LogP contribution in [0.5, 0.6) is 0 Å². The van der Waals surface area contributed by atoms with Crippen LogP contribution < -0.4 is 5.32 Å². The van der Waals surface area contributed by atoms with Gasteiger partial charge in [-0.15, -0.1) is 0 Å². The lowest BCUT2D eigenvalue weighted by atomic mass is 10.0. The molecule has 0 radical (unpaired) electrons. The zero-order valence-electron chi connectivity index (χ0n) is 11.5. The van der Waals surface area contributed by atoms with Crippen molar-refractivity contribution < 1.29 is 9.53 Å². The Hall–Kier alpha value is -1.69. The maximum Gasteiger partial charge on any atom is 0.251 e. The predicted molar refractivity (Wildman–Crippen MR) is 74.2 cm³/mol. The van der Waals surface area contributed by atoms with Gasteiger partial charge in [-0.25, -0.2) is 9.97 Å². The fourth-order valence-electron chi connectivity index (χ4n) is 2.81. The van der Waals surface area contributed by atoms with Crippen LogP contribution in [0.1, 0.15) is 25.7 Å². The van der Waals surface area contributed by atoms with Crippen molar-refractivity contribution >= 4 is 11.7 Å². The van der Waals surface area contributed by atoms with Crippen molar-refractivity contribution in [1.29, 1.82) is 0 Å². The summed E-state index contributed by atoms with van der Waals surface area (Å²) in [6, 6.07) is 2.24. The highest BCUT2D eigenvalue weighted by atomic mass is 16.5. The van der Waals surface area contributed by atoms with E-state index in [-0.39, 0.29) is 12.0 Å². The number of ether oxygens (including phenoxy) is 1. The van der Waals surface area contributed by atoms with E-state index in [0.29, 0.717) is 6.04 Å². The second-order valence-corrected chi connectivity index (χ2v) is 5.34. The van der Waals surface area contributed by atoms with Crippen LogP contribution in [0.3, 0.4) is 0 Å². The highest BCUT2D eigenvalue weighted by Crippen LogP contribution is 2.19. The predicted octanol–water partition coefficient (Wildman–Crippen LogP) is 1.06. The van der Waals surface area contributed by atoms with Crippen LogP contribution in [0.2, 0.25) is 0 Å². The van der Waals surface area contributed by atoms with Gasteiger partial charge in [-0.1, -0.05) is 0 Å². The second-order valence-electron chi connectivity index (χ2n) is 5.34. The lowest BCUT2D eigenvalue weighted by molar-refractivity contribution is -0.141. The number of rotatable bonds is 3. The van der Waals surface area contributed by atoms with E-state index in [1.165, 1.54) is 0 Å². The molecule has 108 valence electrons. The molecule has 2 aliphatic rings. The molecule has 0 spiro atoms. The van der Waals surface area contributed by atoms with Gasteiger partial charge in [0, 0.05) is 31.9 Å². The zero-order valence-corrected chi connectivity index (χ0v) is 11.5. The average Bonchev–Trinajstić information content (AvgIpc) is 3.03. The van der Waals surface area contributed by atoms with Crippen LogP contribution in [0.4, 0.5) is 5.82 Å². The third-order valence-corrected chi connectivity index (χ3v) is 3.95. The van der Waals surface area contributed by atoms with Crippen molar-refractivity contribution in [2.24, 2.45) is 0 Å². The van der Waals surface area contributed by atoms with E-state index in [1.807, 2.05) is 11.0 Å². The molecule has 1 amide bonds. The zero-order chi connectivity index (χ0) is 13.8. The maximum atomic E-state index is 12.2. The van der Waals surface area contributed by atoms with E-state index >= 15 is 0 Å². The Kier molecular flexibility index (Phi) is 4.11. The molecule has 0 saturated carbocycles. The second kappa shape index (κ2) is 6.17. The summed E-state index contributed by atoms with van der Waals surface area (Å²) in [5.41, 5.74) is 0. The molecule has 6 nitrogen and oxygen atoms in total. The largest absolute Gasteiger partial charge is 0.368 e. The molecule has 0 aliphatic carbocycles. The van der Waals surface area contributed by atoms with Crippen molar-refractivity contribution in [1.82, 2.24) is 14.9 Å². The minimum Gasteiger partial charge on any atom is -0.368 e. The van der Waals surface area contributed by atoms with E-state index < -0.39 is 0 Å². The van der Waals surface area contributed by atoms with Gasteiger partial charge in [0.15, 0.2) is 0 Å². The Morgan fingerprint density at radius 3 is 2.85 bits per heavy atom. The highest BCUT2D eigenvalue weighted by Gasteiger charge is 2.30. The van der Waals surface area contributed by atoms with Gasteiger partial charge >= 0.3 is 0 Å². The molecule has 3 heterocycles. The Balaban J connectivity index is 1.48. The van der Waals surface area contributed by atoms with Gasteiger partial charge in [-0.05, 0) is 31.7 Å². The molecule has 1 aromatic heterocycles. The number of nitrogens with one attached hydrogen (secondary N) is 1. The molecule has 20 heavy (non-hydrogen) atoms. The van der Waals surface area contributed by atoms with Crippen LogP contribution in [0.15, 0.2) is 18.6 Å². The quantitative estimate of drug-likeness (QED) is 0.894. The number of amides is 1. The first-order chi connectivity index (χ1) is 9.83. The highest BCUT2D eigenvalue weighted by molar-refractivity contribution is 5.81. The fraction of sp³-hybridized carbons (Fsp3) is 0.643. The van der Waals surface area contributed by atoms with Gasteiger partial charge < -0.3 is 15.0 Å². The number of likely N-dealkylation sites (tertiary alicyclic amines) is 1. The Bertz CT molecular complexity index is 440. The summed E-state index contributed by atoms with van der Waals surface area (Å²) < 4.78 is 5.47. The van der Waals surface area contributed by atoms with Gasteiger partial charge in [0.2, 0.25) is 0 Å². The Morgan fingerprint density at radius 2 is 2.20 bits per heavy atom. The topological polar surface area (TPSA) is 67.3 Å². The minimum atomic E-state index is -0.193. The molecule has 0 aromatic carbocycles. The smallest absolute Gasteiger partial charge is 0.251 e. The lowest BCUT2D eigenvalue weighted by Gasteiger charge is -2.33. The Labute approximate surface area is 118 Å². The molecular weight excluding hydrogens is 256 g/mol. The summed E-state index contributed by atoms with van der Waals surface area (Å²) in [5.74, 6) is 1.02. The summed E-state index contributed by atoms with van der Waals surface area (Å²) in [6.45, 7) is 2.31. The molecule has 2 saturated heterocycles. The van der Waals surface area contributed by atoms with Gasteiger partial charge in [0.05, 0.1) is 0 Å². The third-order valence-electron chi connectivity index (χ3n) is 3.95. The summed E-state index contributed by atoms with van der Waals surface area (Å²) in [7, 11) is 0. The lowest BCUT2D eigenvalue weighted by Crippen LogP contribution is -2.46. The number of anilines is 1. The van der Waals surface area contributed by atoms with Gasteiger partial charge in [-0.3, -0.25) is 4.79 Å². The van der Waals surface area contributed by atoms with Gasteiger partial charge in [0.1, 0.15) is 18.2 Å². The number of piperidine rings is 1. The van der Waals surface area contributed by atoms with Crippen LogP contribution in [0.25, 0.3) is 0 Å². The maximum absolute atomic E-state index is 12.2. The molecule has 1 atom stereocenters. The first-order valence-corrected chi connectivity index (χ1v) is 7.26. The SMILES string of the molecule is O=C(C1CCCO1)N1CCC(Nc2ccncn2)CC1. The van der Waals surface area contributed by atoms with Gasteiger partial charge in [-0.2, -0.15) is 0 Å². The van der Waals surface area contributed by atoms with Gasteiger partial charge in [0.25, 0.3) is 5.91 Å². The van der Waals surface area contributed by atoms with Crippen LogP contribution >= 0.6 is 0 Å². The summed E-state index contributed by atoms with van der Waals surface area (Å²) >= 11 is 0. The molecule has 6 heteroatoms. The Morgan fingerprint density at radius 1 is 1.35 bits per heavy atom. The molecule has 0 bridgehead atoms. The summed E-state index contributed by atoms with van der Waals surface area (Å²) in [5, 5.41) is 3.39. The summed E-state index contributed by atoms with van der Waals surface area (Å²) in [6.07, 6.45) is 6.84. The number of hydrogen-bond donors (Lipinski definition) is 1. The van der Waals surface area contributed by atoms with Crippen molar-refractivity contribution in [3.63, 3.8) is 0 Å². The molecular formula is C14H20N4O2. The molecule has 1 N–H and O–H groups in total. The van der Waals surface area contributed by atoms with Crippen LogP contribution in [-0.4, -0.2) is 52.6 Å². The fourth-order valence-corrected chi connectivity index (χ4v) is 2.81. The average molecular weight is 276 g/mol. The molecule has 2 fully saturated rings. The van der Waals surface area contributed by atoms with Crippen molar-refractivity contribution in [2.45, 2.75) is 37.8 Å². The van der Waals surface area contributed by atoms with E-state index in [9.17, 15) is 4.79 Å². The number of aromatic nitrogens is 2. The number of carbonyl (C=O) groups is 1. The first-order valence-electron chi connectivity index (χ1n) is 7.26. The number of hydrogen-bond acceptors (Lipinski definition) is 5. The number of carbonyl (C=O) groups excluding carboxylic acids is 1. The first kappa shape index (κ1) is 13.3. The molecule has 1 unspecified atom stereocenters. The standard InChI is InChI=1S/C14H20N4O2/c19-14(12-2-1-9-20-12)18-7-4-11(5-8-18)17-13-3-6-15-10-16-13/h3,6,10-12H,1-2,4-5,7-9H2,(H,15,16,17). The van der Waals surface area contributed by atoms with E-state index in [2.05, 4.69) is 15.3 Å². The van der Waals surface area contributed by atoms with Crippen molar-refractivity contribution in [3.8, 4) is 0 Å².